The summed E-state index contributed by atoms with van der Waals surface area (Å²) >= 11 is 0. The van der Waals surface area contributed by atoms with E-state index in [4.69, 9.17) is 18.9 Å². The Kier molecular flexibility index (Phi) is 9.26. The largest absolute Gasteiger partial charge is 0.573 e. The van der Waals surface area contributed by atoms with Crippen LogP contribution in [0, 0.1) is 0 Å². The Morgan fingerprint density at radius 2 is 1.37 bits per heavy atom. The van der Waals surface area contributed by atoms with Crippen molar-refractivity contribution < 1.29 is 41.7 Å². The van der Waals surface area contributed by atoms with Crippen LogP contribution in [-0.4, -0.2) is 40.6 Å². The Labute approximate surface area is 218 Å². The second-order valence-corrected chi connectivity index (χ2v) is 7.67. The molecular formula is C28H26F3NO6. The Hall–Kier alpha value is -4.60. The summed E-state index contributed by atoms with van der Waals surface area (Å²) in [6, 6.07) is 13.7. The van der Waals surface area contributed by atoms with Gasteiger partial charge in [-0.25, -0.2) is 0 Å². The maximum atomic E-state index is 12.4. The van der Waals surface area contributed by atoms with Crippen LogP contribution in [0.3, 0.4) is 0 Å². The van der Waals surface area contributed by atoms with Crippen molar-refractivity contribution in [2.75, 3.05) is 33.8 Å². The predicted molar refractivity (Wildman–Crippen MR) is 138 cm³/mol. The lowest BCUT2D eigenvalue weighted by Gasteiger charge is -2.13. The number of rotatable bonds is 11. The maximum absolute atomic E-state index is 12.4. The highest BCUT2D eigenvalue weighted by molar-refractivity contribution is 6.04. The van der Waals surface area contributed by atoms with Crippen molar-refractivity contribution in [3.05, 3.63) is 83.6 Å². The first-order chi connectivity index (χ1) is 18.2. The fourth-order valence-corrected chi connectivity index (χ4v) is 3.46. The van der Waals surface area contributed by atoms with E-state index in [9.17, 15) is 18.0 Å². The Morgan fingerprint density at radius 1 is 0.763 bits per heavy atom. The standard InChI is InChI=1S/C28H26F3NO6/c1-34-24-12-7-18(5-6-19-16-25(35-2)27(37-4)26(17-19)36-3)15-22(24)32-14-13-23(33)20-8-10-21(11-9-20)38-28(29,30)31/h5-17,32H,1-4H3. The van der Waals surface area contributed by atoms with Gasteiger partial charge in [0.05, 0.1) is 34.1 Å². The van der Waals surface area contributed by atoms with Gasteiger partial charge in [-0.15, -0.1) is 13.2 Å². The summed E-state index contributed by atoms with van der Waals surface area (Å²) in [6.45, 7) is 0. The van der Waals surface area contributed by atoms with Crippen LogP contribution >= 0.6 is 0 Å². The number of carbonyl (C=O) groups excluding carboxylic acids is 1. The van der Waals surface area contributed by atoms with E-state index >= 15 is 0 Å². The van der Waals surface area contributed by atoms with Crippen LogP contribution in [0.25, 0.3) is 12.2 Å². The first-order valence-corrected chi connectivity index (χ1v) is 11.2. The molecule has 200 valence electrons. The molecule has 0 heterocycles. The van der Waals surface area contributed by atoms with Crippen LogP contribution in [0.4, 0.5) is 18.9 Å². The van der Waals surface area contributed by atoms with Gasteiger partial charge in [-0.2, -0.15) is 0 Å². The molecule has 0 radical (unpaired) electrons. The van der Waals surface area contributed by atoms with Crippen molar-refractivity contribution in [3.8, 4) is 28.7 Å². The fourth-order valence-electron chi connectivity index (χ4n) is 3.46. The number of methoxy groups -OCH3 is 4. The molecule has 0 spiro atoms. The minimum absolute atomic E-state index is 0.201. The molecule has 3 aromatic carbocycles. The van der Waals surface area contributed by atoms with E-state index in [1.165, 1.54) is 38.6 Å². The summed E-state index contributed by atoms with van der Waals surface area (Å²) in [4.78, 5) is 12.4. The summed E-state index contributed by atoms with van der Waals surface area (Å²) < 4.78 is 62.2. The highest BCUT2D eigenvalue weighted by Crippen LogP contribution is 2.38. The van der Waals surface area contributed by atoms with Crippen LogP contribution in [-0.2, 0) is 0 Å². The number of alkyl halides is 3. The molecule has 0 aliphatic carbocycles. The molecule has 1 N–H and O–H groups in total. The monoisotopic (exact) mass is 529 g/mol. The maximum Gasteiger partial charge on any atom is 0.573 e. The number of halogens is 3. The molecule has 0 unspecified atom stereocenters. The molecule has 0 amide bonds. The normalized spacial score (nSPS) is 11.4. The Morgan fingerprint density at radius 3 is 1.92 bits per heavy atom. The minimum atomic E-state index is -4.80. The Balaban J connectivity index is 1.74. The third-order valence-electron chi connectivity index (χ3n) is 5.22. The fraction of sp³-hybridized carbons (Fsp3) is 0.179. The molecule has 38 heavy (non-hydrogen) atoms. The van der Waals surface area contributed by atoms with Crippen molar-refractivity contribution in [3.63, 3.8) is 0 Å². The second kappa shape index (κ2) is 12.6. The van der Waals surface area contributed by atoms with E-state index in [0.29, 0.717) is 28.7 Å². The van der Waals surface area contributed by atoms with Crippen molar-refractivity contribution in [1.82, 2.24) is 0 Å². The number of anilines is 1. The zero-order chi connectivity index (χ0) is 27.7. The quantitative estimate of drug-likeness (QED) is 0.170. The van der Waals surface area contributed by atoms with E-state index in [1.54, 1.807) is 20.3 Å². The lowest BCUT2D eigenvalue weighted by molar-refractivity contribution is -0.274. The average molecular weight is 530 g/mol. The number of hydrogen-bond acceptors (Lipinski definition) is 7. The van der Waals surface area contributed by atoms with Gasteiger partial charge in [0.15, 0.2) is 17.3 Å². The number of benzene rings is 3. The third kappa shape index (κ3) is 7.45. The number of ketones is 1. The van der Waals surface area contributed by atoms with Crippen LogP contribution < -0.4 is 29.0 Å². The average Bonchev–Trinajstić information content (AvgIpc) is 2.90. The molecule has 0 saturated heterocycles. The molecule has 0 atom stereocenters. The van der Waals surface area contributed by atoms with E-state index < -0.39 is 17.9 Å². The molecular weight excluding hydrogens is 503 g/mol. The summed E-state index contributed by atoms with van der Waals surface area (Å²) in [5.41, 5.74) is 2.45. The lowest BCUT2D eigenvalue weighted by atomic mass is 10.1. The third-order valence-corrected chi connectivity index (χ3v) is 5.22. The van der Waals surface area contributed by atoms with Crippen LogP contribution in [0.2, 0.25) is 0 Å². The van der Waals surface area contributed by atoms with Gasteiger partial charge in [0.2, 0.25) is 5.75 Å². The molecule has 0 fully saturated rings. The SMILES string of the molecule is COc1ccc(C=Cc2cc(OC)c(OC)c(OC)c2)cc1NC=CC(=O)c1ccc(OC(F)(F)F)cc1. The summed E-state index contributed by atoms with van der Waals surface area (Å²) in [6.07, 6.45) is 1.64. The number of ether oxygens (including phenoxy) is 5. The van der Waals surface area contributed by atoms with E-state index in [-0.39, 0.29) is 5.56 Å². The molecule has 3 rings (SSSR count). The Bertz CT molecular complexity index is 1290. The van der Waals surface area contributed by atoms with Crippen molar-refractivity contribution in [1.29, 1.82) is 0 Å². The predicted octanol–water partition coefficient (Wildman–Crippen LogP) is 6.60. The molecule has 0 aliphatic heterocycles. The number of nitrogens with one attached hydrogen (secondary N) is 1. The van der Waals surface area contributed by atoms with Gasteiger partial charge in [0.25, 0.3) is 0 Å². The van der Waals surface area contributed by atoms with E-state index in [1.807, 2.05) is 36.4 Å². The van der Waals surface area contributed by atoms with Crippen LogP contribution in [0.15, 0.2) is 66.9 Å². The zero-order valence-corrected chi connectivity index (χ0v) is 21.1. The van der Waals surface area contributed by atoms with Gasteiger partial charge in [0.1, 0.15) is 11.5 Å². The van der Waals surface area contributed by atoms with Crippen molar-refractivity contribution in [2.45, 2.75) is 6.36 Å². The molecule has 0 saturated carbocycles. The topological polar surface area (TPSA) is 75.3 Å². The van der Waals surface area contributed by atoms with Gasteiger partial charge < -0.3 is 29.0 Å². The van der Waals surface area contributed by atoms with Gasteiger partial charge in [-0.05, 0) is 59.7 Å². The second-order valence-electron chi connectivity index (χ2n) is 7.67. The van der Waals surface area contributed by atoms with Gasteiger partial charge in [-0.1, -0.05) is 18.2 Å². The lowest BCUT2D eigenvalue weighted by Crippen LogP contribution is -2.17. The molecule has 0 bridgehead atoms. The van der Waals surface area contributed by atoms with Crippen LogP contribution in [0.1, 0.15) is 21.5 Å². The smallest absolute Gasteiger partial charge is 0.495 e. The summed E-state index contributed by atoms with van der Waals surface area (Å²) in [7, 11) is 6.14. The van der Waals surface area contributed by atoms with E-state index in [2.05, 4.69) is 10.1 Å². The molecule has 0 aromatic heterocycles. The molecule has 10 heteroatoms. The molecule has 7 nitrogen and oxygen atoms in total. The van der Waals surface area contributed by atoms with Gasteiger partial charge >= 0.3 is 6.36 Å². The van der Waals surface area contributed by atoms with Crippen molar-refractivity contribution >= 4 is 23.6 Å². The van der Waals surface area contributed by atoms with Gasteiger partial charge in [0, 0.05) is 17.8 Å². The number of hydrogen-bond donors (Lipinski definition) is 1. The highest BCUT2D eigenvalue weighted by Gasteiger charge is 2.31. The zero-order valence-electron chi connectivity index (χ0n) is 21.1. The first kappa shape index (κ1) is 28.0. The highest BCUT2D eigenvalue weighted by atomic mass is 19.4. The minimum Gasteiger partial charge on any atom is -0.495 e. The van der Waals surface area contributed by atoms with Crippen LogP contribution in [0.5, 0.6) is 28.7 Å². The summed E-state index contributed by atoms with van der Waals surface area (Å²) in [5.74, 6) is 1.28. The number of carbonyl (C=O) groups is 1. The summed E-state index contributed by atoms with van der Waals surface area (Å²) in [5, 5.41) is 3.01. The molecule has 3 aromatic rings. The number of allylic oxidation sites excluding steroid dienone is 1. The van der Waals surface area contributed by atoms with E-state index in [0.717, 1.165) is 23.3 Å². The van der Waals surface area contributed by atoms with Crippen molar-refractivity contribution in [2.24, 2.45) is 0 Å². The first-order valence-electron chi connectivity index (χ1n) is 11.2. The molecule has 0 aliphatic rings. The van der Waals surface area contributed by atoms with Gasteiger partial charge in [-0.3, -0.25) is 4.79 Å².